The number of aromatic nitrogens is 1. The molecule has 0 atom stereocenters. The molecule has 4 rings (SSSR count). The number of H-pyrrole nitrogens is 1. The number of aromatic amines is 1. The smallest absolute Gasteiger partial charge is 0.238 e. The average Bonchev–Trinajstić information content (AvgIpc) is 3.02. The summed E-state index contributed by atoms with van der Waals surface area (Å²) in [6.07, 6.45) is 0.824. The van der Waals surface area contributed by atoms with Crippen molar-refractivity contribution in [3.05, 3.63) is 57.7 Å². The molecule has 1 aliphatic rings. The number of aromatic hydroxyl groups is 1. The van der Waals surface area contributed by atoms with Gasteiger partial charge < -0.3 is 15.4 Å². The van der Waals surface area contributed by atoms with E-state index in [0.717, 1.165) is 35.2 Å². The minimum atomic E-state index is -0.0624. The minimum Gasteiger partial charge on any atom is -0.506 e. The maximum atomic E-state index is 12.3. The topological polar surface area (TPSA) is 68.4 Å². The first-order valence-electron chi connectivity index (χ1n) is 9.29. The summed E-state index contributed by atoms with van der Waals surface area (Å²) in [7, 11) is 0. The van der Waals surface area contributed by atoms with Gasteiger partial charge in [0.1, 0.15) is 5.75 Å². The Morgan fingerprint density at radius 1 is 1.21 bits per heavy atom. The second-order valence-electron chi connectivity index (χ2n) is 6.45. The summed E-state index contributed by atoms with van der Waals surface area (Å²) < 4.78 is 0. The molecule has 7 heteroatoms. The van der Waals surface area contributed by atoms with Crippen molar-refractivity contribution in [2.75, 3.05) is 18.4 Å². The second-order valence-corrected chi connectivity index (χ2v) is 7.29. The highest BCUT2D eigenvalue weighted by atomic mass is 35.5. The van der Waals surface area contributed by atoms with Crippen LogP contribution in [0.4, 0.5) is 5.69 Å². The molecule has 28 heavy (non-hydrogen) atoms. The fourth-order valence-electron chi connectivity index (χ4n) is 3.38. The third kappa shape index (κ3) is 4.43. The quantitative estimate of drug-likeness (QED) is 0.545. The molecule has 0 bridgehead atoms. The third-order valence-corrected chi connectivity index (χ3v) is 5.17. The first kappa shape index (κ1) is 20.5. The summed E-state index contributed by atoms with van der Waals surface area (Å²) >= 11 is 11.9. The molecule has 0 radical (unpaired) electrons. The number of fused-ring (bicyclic) bond motifs is 3. The van der Waals surface area contributed by atoms with Gasteiger partial charge in [0, 0.05) is 46.5 Å². The molecular formula is C21H23Cl2N3O2. The summed E-state index contributed by atoms with van der Waals surface area (Å²) in [5.74, 6) is 0.00420. The average molecular weight is 420 g/mol. The number of hydrogen-bond donors (Lipinski definition) is 3. The summed E-state index contributed by atoms with van der Waals surface area (Å²) in [5.41, 5.74) is 3.86. The van der Waals surface area contributed by atoms with E-state index in [4.69, 9.17) is 23.2 Å². The molecule has 0 saturated carbocycles. The number of rotatable bonds is 3. The number of carbonyl (C=O) groups is 1. The van der Waals surface area contributed by atoms with Crippen LogP contribution in [-0.4, -0.2) is 34.0 Å². The van der Waals surface area contributed by atoms with Gasteiger partial charge in [-0.2, -0.15) is 0 Å². The molecule has 5 nitrogen and oxygen atoms in total. The lowest BCUT2D eigenvalue weighted by Gasteiger charge is -2.26. The number of halogens is 2. The van der Waals surface area contributed by atoms with Crippen LogP contribution in [0.2, 0.25) is 10.0 Å². The van der Waals surface area contributed by atoms with E-state index in [2.05, 4.69) is 15.2 Å². The van der Waals surface area contributed by atoms with Gasteiger partial charge in [-0.15, -0.1) is 0 Å². The lowest BCUT2D eigenvalue weighted by molar-refractivity contribution is -0.117. The number of benzene rings is 2. The van der Waals surface area contributed by atoms with Crippen LogP contribution in [0.3, 0.4) is 0 Å². The zero-order valence-electron chi connectivity index (χ0n) is 15.9. The highest BCUT2D eigenvalue weighted by molar-refractivity contribution is 6.32. The van der Waals surface area contributed by atoms with Crippen molar-refractivity contribution in [2.24, 2.45) is 0 Å². The van der Waals surface area contributed by atoms with Crippen LogP contribution in [0.15, 0.2) is 36.4 Å². The van der Waals surface area contributed by atoms with Gasteiger partial charge in [0.15, 0.2) is 0 Å². The van der Waals surface area contributed by atoms with Crippen LogP contribution in [-0.2, 0) is 17.8 Å². The molecule has 148 valence electrons. The fourth-order valence-corrected chi connectivity index (χ4v) is 3.67. The Kier molecular flexibility index (Phi) is 6.50. The van der Waals surface area contributed by atoms with Gasteiger partial charge in [-0.3, -0.25) is 9.69 Å². The van der Waals surface area contributed by atoms with E-state index >= 15 is 0 Å². The molecule has 2 aromatic carbocycles. The minimum absolute atomic E-state index is 0.0624. The molecule has 2 heterocycles. The van der Waals surface area contributed by atoms with E-state index in [-0.39, 0.29) is 11.7 Å². The highest BCUT2D eigenvalue weighted by Crippen LogP contribution is 2.34. The second kappa shape index (κ2) is 8.86. The van der Waals surface area contributed by atoms with E-state index in [1.165, 1.54) is 5.56 Å². The van der Waals surface area contributed by atoms with Gasteiger partial charge >= 0.3 is 0 Å². The first-order chi connectivity index (χ1) is 13.5. The molecular weight excluding hydrogens is 397 g/mol. The molecule has 0 fully saturated rings. The van der Waals surface area contributed by atoms with Crippen LogP contribution < -0.4 is 5.32 Å². The predicted molar refractivity (Wildman–Crippen MR) is 115 cm³/mol. The Morgan fingerprint density at radius 3 is 2.64 bits per heavy atom. The Morgan fingerprint density at radius 2 is 1.93 bits per heavy atom. The van der Waals surface area contributed by atoms with Crippen LogP contribution in [0.25, 0.3) is 10.9 Å². The van der Waals surface area contributed by atoms with Gasteiger partial charge in [-0.1, -0.05) is 37.0 Å². The summed E-state index contributed by atoms with van der Waals surface area (Å²) in [6, 6.07) is 10.5. The zero-order valence-corrected chi connectivity index (χ0v) is 17.4. The lowest BCUT2D eigenvalue weighted by atomic mass is 10.0. The van der Waals surface area contributed by atoms with Crippen molar-refractivity contribution in [2.45, 2.75) is 26.8 Å². The maximum Gasteiger partial charge on any atom is 0.238 e. The van der Waals surface area contributed by atoms with Crippen molar-refractivity contribution in [1.29, 1.82) is 0 Å². The molecule has 1 aromatic heterocycles. The van der Waals surface area contributed by atoms with E-state index in [1.807, 2.05) is 13.8 Å². The number of hydrogen-bond acceptors (Lipinski definition) is 3. The van der Waals surface area contributed by atoms with Crippen LogP contribution in [0.5, 0.6) is 5.75 Å². The van der Waals surface area contributed by atoms with Gasteiger partial charge in [-0.05, 0) is 42.3 Å². The van der Waals surface area contributed by atoms with E-state index in [0.29, 0.717) is 23.1 Å². The monoisotopic (exact) mass is 419 g/mol. The van der Waals surface area contributed by atoms with Crippen molar-refractivity contribution in [3.63, 3.8) is 0 Å². The molecule has 1 amide bonds. The summed E-state index contributed by atoms with van der Waals surface area (Å²) in [6.45, 7) is 5.74. The number of nitrogens with zero attached hydrogens (tertiary/aromatic N) is 1. The Balaban J connectivity index is 0.00000109. The molecule has 3 aromatic rings. The highest BCUT2D eigenvalue weighted by Gasteiger charge is 2.22. The van der Waals surface area contributed by atoms with Crippen molar-refractivity contribution in [1.82, 2.24) is 9.88 Å². The van der Waals surface area contributed by atoms with Crippen LogP contribution >= 0.6 is 23.2 Å². The number of amides is 1. The standard InChI is InChI=1S/C19H17Cl2N3O2.C2H6/c20-11-1-3-12(4-2-11)22-19(26)10-24-6-5-13-14-7-15(21)18(25)8-16(14)23-17(13)9-24;1-2/h1-4,7-8,23,25H,5-6,9-10H2,(H,22,26);1-2H3. The van der Waals surface area contributed by atoms with Crippen molar-refractivity contribution < 1.29 is 9.90 Å². The van der Waals surface area contributed by atoms with Gasteiger partial charge in [0.05, 0.1) is 11.6 Å². The number of phenolic OH excluding ortho intramolecular Hbond substituents is 1. The normalized spacial score (nSPS) is 13.6. The molecule has 0 unspecified atom stereocenters. The molecule has 0 aliphatic carbocycles. The van der Waals surface area contributed by atoms with Crippen molar-refractivity contribution in [3.8, 4) is 5.75 Å². The molecule has 0 spiro atoms. The number of phenols is 1. The zero-order chi connectivity index (χ0) is 20.3. The first-order valence-corrected chi connectivity index (χ1v) is 10.0. The van der Waals surface area contributed by atoms with Crippen LogP contribution in [0.1, 0.15) is 25.1 Å². The van der Waals surface area contributed by atoms with Crippen molar-refractivity contribution >= 4 is 45.7 Å². The van der Waals surface area contributed by atoms with E-state index < -0.39 is 0 Å². The van der Waals surface area contributed by atoms with Gasteiger partial charge in [0.2, 0.25) is 5.91 Å². The summed E-state index contributed by atoms with van der Waals surface area (Å²) in [5, 5.41) is 14.7. The largest absolute Gasteiger partial charge is 0.506 e. The van der Waals surface area contributed by atoms with Gasteiger partial charge in [0.25, 0.3) is 0 Å². The molecule has 3 N–H and O–H groups in total. The van der Waals surface area contributed by atoms with E-state index in [9.17, 15) is 9.90 Å². The molecule has 0 saturated heterocycles. The SMILES string of the molecule is CC.O=C(CN1CCc2c([nH]c3cc(O)c(Cl)cc23)C1)Nc1ccc(Cl)cc1. The number of anilines is 1. The number of nitrogens with one attached hydrogen (secondary N) is 2. The fraction of sp³-hybridized carbons (Fsp3) is 0.286. The Hall–Kier alpha value is -2.21. The van der Waals surface area contributed by atoms with E-state index in [1.54, 1.807) is 36.4 Å². The van der Waals surface area contributed by atoms with Gasteiger partial charge in [-0.25, -0.2) is 0 Å². The summed E-state index contributed by atoms with van der Waals surface area (Å²) in [4.78, 5) is 17.7. The predicted octanol–water partition coefficient (Wildman–Crippen LogP) is 5.20. The third-order valence-electron chi connectivity index (χ3n) is 4.62. The maximum absolute atomic E-state index is 12.3. The Labute approximate surface area is 174 Å². The number of carbonyl (C=O) groups excluding carboxylic acids is 1. The molecule has 1 aliphatic heterocycles. The lowest BCUT2D eigenvalue weighted by Crippen LogP contribution is -2.37. The Bertz CT molecular complexity index is 983. The van der Waals surface area contributed by atoms with Crippen LogP contribution in [0, 0.1) is 0 Å².